The van der Waals surface area contributed by atoms with Gasteiger partial charge < -0.3 is 19.5 Å². The van der Waals surface area contributed by atoms with Crippen molar-refractivity contribution < 1.29 is 23.4 Å². The van der Waals surface area contributed by atoms with Crippen molar-refractivity contribution >= 4 is 5.91 Å². The number of carbonyl (C=O) groups is 1. The summed E-state index contributed by atoms with van der Waals surface area (Å²) in [5.74, 6) is 0.565. The standard InChI is InChI=1S/C17H16FNO4/c1-21-16(11-3-2-4-13(18)7-11)9-19-17(20)12-5-6-14-15(8-12)23-10-22-14/h2-8,16H,9-10H2,1H3,(H,19,20). The Morgan fingerprint density at radius 2 is 2.09 bits per heavy atom. The van der Waals surface area contributed by atoms with Gasteiger partial charge in [0.05, 0.1) is 6.10 Å². The van der Waals surface area contributed by atoms with Gasteiger partial charge in [-0.3, -0.25) is 4.79 Å². The van der Waals surface area contributed by atoms with Crippen LogP contribution in [0.25, 0.3) is 0 Å². The van der Waals surface area contributed by atoms with Crippen LogP contribution in [0.2, 0.25) is 0 Å². The van der Waals surface area contributed by atoms with Gasteiger partial charge in [-0.25, -0.2) is 4.39 Å². The van der Waals surface area contributed by atoms with E-state index in [1.165, 1.54) is 19.2 Å². The third kappa shape index (κ3) is 3.43. The van der Waals surface area contributed by atoms with E-state index in [1.54, 1.807) is 30.3 Å². The average molecular weight is 317 g/mol. The van der Waals surface area contributed by atoms with Gasteiger partial charge in [-0.15, -0.1) is 0 Å². The van der Waals surface area contributed by atoms with E-state index >= 15 is 0 Å². The van der Waals surface area contributed by atoms with Crippen molar-refractivity contribution in [1.29, 1.82) is 0 Å². The fourth-order valence-electron chi connectivity index (χ4n) is 2.37. The Labute approximate surface area is 133 Å². The Kier molecular flexibility index (Phi) is 4.43. The summed E-state index contributed by atoms with van der Waals surface area (Å²) >= 11 is 0. The summed E-state index contributed by atoms with van der Waals surface area (Å²) < 4.78 is 29.1. The van der Waals surface area contributed by atoms with Gasteiger partial charge >= 0.3 is 0 Å². The lowest BCUT2D eigenvalue weighted by molar-refractivity contribution is 0.0827. The highest BCUT2D eigenvalue weighted by Gasteiger charge is 2.17. The maximum atomic E-state index is 13.3. The van der Waals surface area contributed by atoms with Crippen LogP contribution >= 0.6 is 0 Å². The molecule has 2 aromatic rings. The maximum absolute atomic E-state index is 13.3. The monoisotopic (exact) mass is 317 g/mol. The van der Waals surface area contributed by atoms with Crippen LogP contribution in [0.15, 0.2) is 42.5 Å². The van der Waals surface area contributed by atoms with Crippen molar-refractivity contribution in [3.63, 3.8) is 0 Å². The van der Waals surface area contributed by atoms with Gasteiger partial charge in [0.25, 0.3) is 5.91 Å². The lowest BCUT2D eigenvalue weighted by Crippen LogP contribution is -2.29. The summed E-state index contributed by atoms with van der Waals surface area (Å²) in [7, 11) is 1.52. The third-order valence-electron chi connectivity index (χ3n) is 3.59. The third-order valence-corrected chi connectivity index (χ3v) is 3.59. The van der Waals surface area contributed by atoms with Gasteiger partial charge in [-0.1, -0.05) is 12.1 Å². The zero-order chi connectivity index (χ0) is 16.2. The van der Waals surface area contributed by atoms with Gasteiger partial charge in [0.1, 0.15) is 5.82 Å². The van der Waals surface area contributed by atoms with Gasteiger partial charge in [-0.05, 0) is 35.9 Å². The molecule has 0 aromatic heterocycles. The van der Waals surface area contributed by atoms with Crippen LogP contribution in [0.4, 0.5) is 4.39 Å². The quantitative estimate of drug-likeness (QED) is 0.921. The number of rotatable bonds is 5. The topological polar surface area (TPSA) is 56.8 Å². The molecule has 0 spiro atoms. The van der Waals surface area contributed by atoms with Crippen molar-refractivity contribution in [3.8, 4) is 11.5 Å². The van der Waals surface area contributed by atoms with E-state index in [0.29, 0.717) is 22.6 Å². The zero-order valence-corrected chi connectivity index (χ0v) is 12.5. The maximum Gasteiger partial charge on any atom is 0.251 e. The number of nitrogens with one attached hydrogen (secondary N) is 1. The molecule has 3 rings (SSSR count). The number of fused-ring (bicyclic) bond motifs is 1. The van der Waals surface area contributed by atoms with Crippen LogP contribution in [0, 0.1) is 5.82 Å². The molecule has 0 saturated heterocycles. The average Bonchev–Trinajstić information content (AvgIpc) is 3.03. The summed E-state index contributed by atoms with van der Waals surface area (Å²) in [5, 5.41) is 2.78. The Bertz CT molecular complexity index is 719. The Morgan fingerprint density at radius 3 is 2.87 bits per heavy atom. The number of ether oxygens (including phenoxy) is 3. The number of benzene rings is 2. The Morgan fingerprint density at radius 1 is 1.26 bits per heavy atom. The molecule has 1 aliphatic rings. The lowest BCUT2D eigenvalue weighted by atomic mass is 10.1. The van der Waals surface area contributed by atoms with E-state index in [4.69, 9.17) is 14.2 Å². The van der Waals surface area contributed by atoms with Crippen LogP contribution in [0.5, 0.6) is 11.5 Å². The Balaban J connectivity index is 1.65. The molecule has 2 aromatic carbocycles. The molecule has 1 unspecified atom stereocenters. The van der Waals surface area contributed by atoms with Gasteiger partial charge in [-0.2, -0.15) is 0 Å². The number of halogens is 1. The zero-order valence-electron chi connectivity index (χ0n) is 12.5. The predicted octanol–water partition coefficient (Wildman–Crippen LogP) is 2.67. The largest absolute Gasteiger partial charge is 0.454 e. The molecule has 5 nitrogen and oxygen atoms in total. The first-order chi connectivity index (χ1) is 11.2. The van der Waals surface area contributed by atoms with Crippen LogP contribution < -0.4 is 14.8 Å². The molecule has 1 N–H and O–H groups in total. The molecule has 6 heteroatoms. The summed E-state index contributed by atoms with van der Waals surface area (Å²) in [4.78, 5) is 12.2. The van der Waals surface area contributed by atoms with Crippen LogP contribution in [0.1, 0.15) is 22.0 Å². The van der Waals surface area contributed by atoms with E-state index in [1.807, 2.05) is 0 Å². The molecule has 0 radical (unpaired) electrons. The van der Waals surface area contributed by atoms with Crippen LogP contribution in [-0.2, 0) is 4.74 Å². The summed E-state index contributed by atoms with van der Waals surface area (Å²) in [5.41, 5.74) is 1.13. The van der Waals surface area contributed by atoms with Crippen molar-refractivity contribution in [2.45, 2.75) is 6.10 Å². The molecular formula is C17H16FNO4. The van der Waals surface area contributed by atoms with E-state index in [-0.39, 0.29) is 25.1 Å². The second-order valence-electron chi connectivity index (χ2n) is 5.06. The van der Waals surface area contributed by atoms with Crippen molar-refractivity contribution in [2.75, 3.05) is 20.4 Å². The van der Waals surface area contributed by atoms with E-state index in [0.717, 1.165) is 0 Å². The predicted molar refractivity (Wildman–Crippen MR) is 81.0 cm³/mol. The Hall–Kier alpha value is -2.60. The summed E-state index contributed by atoms with van der Waals surface area (Å²) in [6.45, 7) is 0.388. The first-order valence-electron chi connectivity index (χ1n) is 7.13. The van der Waals surface area contributed by atoms with Gasteiger partial charge in [0.2, 0.25) is 6.79 Å². The number of methoxy groups -OCH3 is 1. The molecule has 0 fully saturated rings. The van der Waals surface area contributed by atoms with Crippen molar-refractivity contribution in [1.82, 2.24) is 5.32 Å². The van der Waals surface area contributed by atoms with E-state index in [9.17, 15) is 9.18 Å². The second kappa shape index (κ2) is 6.66. The molecule has 1 atom stereocenters. The number of carbonyl (C=O) groups excluding carboxylic acids is 1. The molecule has 0 saturated carbocycles. The SMILES string of the molecule is COC(CNC(=O)c1ccc2c(c1)OCO2)c1cccc(F)c1. The van der Waals surface area contributed by atoms with Crippen LogP contribution in [-0.4, -0.2) is 26.4 Å². The van der Waals surface area contributed by atoms with Crippen molar-refractivity contribution in [3.05, 3.63) is 59.4 Å². The molecule has 23 heavy (non-hydrogen) atoms. The molecule has 0 bridgehead atoms. The fraction of sp³-hybridized carbons (Fsp3) is 0.235. The normalized spacial score (nSPS) is 13.7. The summed E-state index contributed by atoms with van der Waals surface area (Å²) in [6, 6.07) is 11.1. The highest BCUT2D eigenvalue weighted by molar-refractivity contribution is 5.94. The number of hydrogen-bond donors (Lipinski definition) is 1. The number of amides is 1. The molecular weight excluding hydrogens is 301 g/mol. The molecule has 0 aliphatic carbocycles. The molecule has 120 valence electrons. The lowest BCUT2D eigenvalue weighted by Gasteiger charge is -2.16. The second-order valence-corrected chi connectivity index (χ2v) is 5.06. The minimum Gasteiger partial charge on any atom is -0.454 e. The smallest absolute Gasteiger partial charge is 0.251 e. The van der Waals surface area contributed by atoms with Crippen LogP contribution in [0.3, 0.4) is 0 Å². The van der Waals surface area contributed by atoms with E-state index in [2.05, 4.69) is 5.32 Å². The van der Waals surface area contributed by atoms with Crippen molar-refractivity contribution in [2.24, 2.45) is 0 Å². The minimum atomic E-state index is -0.427. The first-order valence-corrected chi connectivity index (χ1v) is 7.13. The number of hydrogen-bond acceptors (Lipinski definition) is 4. The highest BCUT2D eigenvalue weighted by atomic mass is 19.1. The van der Waals surface area contributed by atoms with Gasteiger partial charge in [0.15, 0.2) is 11.5 Å². The molecule has 1 heterocycles. The molecule has 1 aliphatic heterocycles. The van der Waals surface area contributed by atoms with E-state index < -0.39 is 6.10 Å². The summed E-state index contributed by atoms with van der Waals surface area (Å²) in [6.07, 6.45) is -0.427. The minimum absolute atomic E-state index is 0.158. The highest BCUT2D eigenvalue weighted by Crippen LogP contribution is 2.32. The molecule has 1 amide bonds. The van der Waals surface area contributed by atoms with Gasteiger partial charge in [0, 0.05) is 19.2 Å². The first kappa shape index (κ1) is 15.3. The fourth-order valence-corrected chi connectivity index (χ4v) is 2.37.